The van der Waals surface area contributed by atoms with Crippen molar-refractivity contribution in [2.45, 2.75) is 168 Å². The smallest absolute Gasteiger partial charge is 0.410 e. The van der Waals surface area contributed by atoms with Crippen LogP contribution >= 0.6 is 0 Å². The summed E-state index contributed by atoms with van der Waals surface area (Å²) in [6.07, 6.45) is 8.69. The third-order valence-electron chi connectivity index (χ3n) is 15.6. The zero-order valence-electron chi connectivity index (χ0n) is 44.5. The first-order valence-electron chi connectivity index (χ1n) is 26.4. The van der Waals surface area contributed by atoms with E-state index in [9.17, 15) is 39.0 Å². The standard InChI is InChI=1S/C31H44N2O5.C27H36N2O5/c1-19(2)15-26-25-16-22-9-7-8-10-23(22)24(25)17-27(29(35)36)33(26)28(34)21-13-11-20(12-14-21)18-32(6)30(37)38-31(3,4)5;1-27(2,3)34-26(33)28(4)15-17-9-11-18(12-10-17)24(30)29-16-20-13-19-7-5-6-8-21(19)22(20)14-23(29)25(31)32/h7-10,19-21,26-27H,11-18H2,1-6H3,(H,35,36);5-8,17-18,23H,9-16H2,1-4H3,(H,31,32)/t;17?,18?,23-/m.0/s1. The van der Waals surface area contributed by atoms with Crippen LogP contribution in [0, 0.1) is 29.6 Å². The quantitative estimate of drug-likeness (QED) is 0.233. The summed E-state index contributed by atoms with van der Waals surface area (Å²) in [6.45, 7) is 17.0. The Kier molecular flexibility index (Phi) is 16.7. The number of carboxylic acids is 2. The monoisotopic (exact) mass is 993 g/mol. The van der Waals surface area contributed by atoms with Crippen LogP contribution in [0.4, 0.5) is 9.59 Å². The molecule has 2 aromatic rings. The second-order valence-corrected chi connectivity index (χ2v) is 23.9. The second kappa shape index (κ2) is 22.2. The Morgan fingerprint density at radius 3 is 1.54 bits per heavy atom. The molecule has 2 unspecified atom stereocenters. The van der Waals surface area contributed by atoms with Crippen LogP contribution in [-0.4, -0.2) is 129 Å². The number of amides is 4. The molecular weight excluding hydrogens is 913 g/mol. The van der Waals surface area contributed by atoms with Gasteiger partial charge in [-0.3, -0.25) is 9.59 Å². The minimum absolute atomic E-state index is 0.00972. The number of carbonyl (C=O) groups excluding carboxylic acids is 4. The van der Waals surface area contributed by atoms with Gasteiger partial charge in [-0.25, -0.2) is 19.2 Å². The predicted molar refractivity (Wildman–Crippen MR) is 277 cm³/mol. The molecule has 2 aromatic carbocycles. The zero-order chi connectivity index (χ0) is 52.4. The largest absolute Gasteiger partial charge is 0.480 e. The zero-order valence-corrected chi connectivity index (χ0v) is 44.5. The van der Waals surface area contributed by atoms with Crippen LogP contribution in [0.25, 0.3) is 11.1 Å². The van der Waals surface area contributed by atoms with Gasteiger partial charge < -0.3 is 39.3 Å². The molecule has 2 saturated carbocycles. The van der Waals surface area contributed by atoms with E-state index in [1.54, 1.807) is 33.7 Å². The number of hydrogen-bond donors (Lipinski definition) is 2. The molecular formula is C58H80N4O10. The van der Waals surface area contributed by atoms with Crippen molar-refractivity contribution in [3.05, 3.63) is 81.9 Å². The van der Waals surface area contributed by atoms with Crippen molar-refractivity contribution in [1.29, 1.82) is 0 Å². The lowest BCUT2D eigenvalue weighted by atomic mass is 9.78. The van der Waals surface area contributed by atoms with E-state index in [2.05, 4.69) is 38.1 Å². The van der Waals surface area contributed by atoms with E-state index >= 15 is 0 Å². The Labute approximate surface area is 427 Å². The van der Waals surface area contributed by atoms with Gasteiger partial charge in [-0.15, -0.1) is 0 Å². The minimum atomic E-state index is -0.933. The summed E-state index contributed by atoms with van der Waals surface area (Å²) in [4.78, 5) is 83.5. The van der Waals surface area contributed by atoms with Crippen molar-refractivity contribution in [1.82, 2.24) is 19.6 Å². The first kappa shape index (κ1) is 54.1. The van der Waals surface area contributed by atoms with E-state index in [1.165, 1.54) is 22.3 Å². The molecule has 3 atom stereocenters. The highest BCUT2D eigenvalue weighted by molar-refractivity contribution is 5.92. The number of ether oxygens (including phenoxy) is 2. The van der Waals surface area contributed by atoms with Crippen molar-refractivity contribution in [3.8, 4) is 0 Å². The van der Waals surface area contributed by atoms with Gasteiger partial charge in [0, 0.05) is 58.4 Å². The van der Waals surface area contributed by atoms with Crippen LogP contribution in [0.1, 0.15) is 148 Å². The van der Waals surface area contributed by atoms with Gasteiger partial charge in [0.2, 0.25) is 11.8 Å². The first-order valence-corrected chi connectivity index (χ1v) is 26.4. The second-order valence-electron chi connectivity index (χ2n) is 23.9. The van der Waals surface area contributed by atoms with Gasteiger partial charge in [-0.05, 0) is 174 Å². The fourth-order valence-electron chi connectivity index (χ4n) is 12.1. The first-order chi connectivity index (χ1) is 33.9. The molecule has 2 N–H and O–H groups in total. The molecule has 2 aliphatic heterocycles. The van der Waals surface area contributed by atoms with Gasteiger partial charge in [-0.2, -0.15) is 0 Å². The van der Waals surface area contributed by atoms with E-state index < -0.39 is 35.2 Å². The molecule has 2 heterocycles. The number of benzene rings is 2. The lowest BCUT2D eigenvalue weighted by Gasteiger charge is -2.44. The average Bonchev–Trinajstić information content (AvgIpc) is 3.88. The molecule has 0 bridgehead atoms. The minimum Gasteiger partial charge on any atom is -0.480 e. The number of fused-ring (bicyclic) bond motifs is 4. The summed E-state index contributed by atoms with van der Waals surface area (Å²) < 4.78 is 10.9. The Balaban J connectivity index is 0.000000213. The Morgan fingerprint density at radius 1 is 0.625 bits per heavy atom. The van der Waals surface area contributed by atoms with Crippen LogP contribution in [0.3, 0.4) is 0 Å². The SMILES string of the molecule is CC(C)CC1C2=C(CC(C(=O)O)N1C(=O)C1CCC(CN(C)C(=O)OC(C)(C)C)CC1)c1ccccc1C2.CN(CC1CCC(C(=O)N2CC3=C(C[C@H]2C(=O)O)c2ccccc2C3)CC1)C(=O)OC(C)(C)C. The Bertz CT molecular complexity index is 2430. The van der Waals surface area contributed by atoms with E-state index in [0.717, 1.165) is 92.9 Å². The Morgan fingerprint density at radius 2 is 1.07 bits per heavy atom. The topological polar surface area (TPSA) is 174 Å². The van der Waals surface area contributed by atoms with Gasteiger partial charge in [0.05, 0.1) is 6.04 Å². The third-order valence-corrected chi connectivity index (χ3v) is 15.6. The van der Waals surface area contributed by atoms with Crippen LogP contribution in [-0.2, 0) is 41.5 Å². The van der Waals surface area contributed by atoms with Crippen molar-refractivity contribution in [2.24, 2.45) is 29.6 Å². The number of aliphatic carboxylic acids is 2. The van der Waals surface area contributed by atoms with Crippen molar-refractivity contribution in [3.63, 3.8) is 0 Å². The van der Waals surface area contributed by atoms with E-state index in [0.29, 0.717) is 50.2 Å². The lowest BCUT2D eigenvalue weighted by Crippen LogP contribution is -2.56. The molecule has 0 radical (unpaired) electrons. The van der Waals surface area contributed by atoms with E-state index in [1.807, 2.05) is 65.8 Å². The highest BCUT2D eigenvalue weighted by Gasteiger charge is 2.47. The number of nitrogens with zero attached hydrogens (tertiary/aromatic N) is 4. The van der Waals surface area contributed by atoms with Crippen LogP contribution < -0.4 is 0 Å². The lowest BCUT2D eigenvalue weighted by molar-refractivity contribution is -0.155. The number of rotatable bonds is 10. The van der Waals surface area contributed by atoms with Gasteiger partial charge in [0.25, 0.3) is 0 Å². The van der Waals surface area contributed by atoms with Crippen molar-refractivity contribution in [2.75, 3.05) is 33.7 Å². The fourth-order valence-corrected chi connectivity index (χ4v) is 12.1. The summed E-state index contributed by atoms with van der Waals surface area (Å²) in [5, 5.41) is 20.2. The molecule has 0 spiro atoms. The fraction of sp³-hybridized carbons (Fsp3) is 0.621. The van der Waals surface area contributed by atoms with Gasteiger partial charge >= 0.3 is 24.1 Å². The molecule has 392 valence electrons. The maximum absolute atomic E-state index is 14.1. The highest BCUT2D eigenvalue weighted by Crippen LogP contribution is 2.46. The predicted octanol–water partition coefficient (Wildman–Crippen LogP) is 10.1. The molecule has 2 fully saturated rings. The molecule has 0 saturated heterocycles. The van der Waals surface area contributed by atoms with E-state index in [-0.39, 0.29) is 41.9 Å². The van der Waals surface area contributed by atoms with Crippen molar-refractivity contribution >= 4 is 47.1 Å². The molecule has 0 aromatic heterocycles. The Hall–Kier alpha value is -5.66. The molecule has 4 aliphatic carbocycles. The molecule has 6 aliphatic rings. The number of carboxylic acid groups (broad SMARTS) is 2. The van der Waals surface area contributed by atoms with Gasteiger partial charge in [0.15, 0.2) is 0 Å². The molecule has 8 rings (SSSR count). The maximum atomic E-state index is 14.1. The molecule has 72 heavy (non-hydrogen) atoms. The van der Waals surface area contributed by atoms with Crippen LogP contribution in [0.5, 0.6) is 0 Å². The number of carbonyl (C=O) groups is 6. The van der Waals surface area contributed by atoms with E-state index in [4.69, 9.17) is 9.47 Å². The molecule has 4 amide bonds. The summed E-state index contributed by atoms with van der Waals surface area (Å²) in [5.41, 5.74) is 8.36. The highest BCUT2D eigenvalue weighted by atomic mass is 16.6. The van der Waals surface area contributed by atoms with Gasteiger partial charge in [-0.1, -0.05) is 62.4 Å². The third kappa shape index (κ3) is 12.7. The molecule has 14 heteroatoms. The number of hydrogen-bond acceptors (Lipinski definition) is 8. The summed E-state index contributed by atoms with van der Waals surface area (Å²) in [6, 6.07) is 14.6. The summed E-state index contributed by atoms with van der Waals surface area (Å²) in [7, 11) is 3.51. The normalized spacial score (nSPS) is 24.8. The average molecular weight is 993 g/mol. The summed E-state index contributed by atoms with van der Waals surface area (Å²) in [5.74, 6) is -1.28. The van der Waals surface area contributed by atoms with Crippen molar-refractivity contribution < 1.29 is 48.5 Å². The van der Waals surface area contributed by atoms with Gasteiger partial charge in [0.1, 0.15) is 23.3 Å². The van der Waals surface area contributed by atoms with Crippen LogP contribution in [0.2, 0.25) is 0 Å². The van der Waals surface area contributed by atoms with Crippen LogP contribution in [0.15, 0.2) is 59.7 Å². The molecule has 14 nitrogen and oxygen atoms in total. The summed E-state index contributed by atoms with van der Waals surface area (Å²) >= 11 is 0. The maximum Gasteiger partial charge on any atom is 0.410 e.